The molecule has 17 nitrogen and oxygen atoms in total. The first-order valence-electron chi connectivity index (χ1n) is 21.8. The Balaban J connectivity index is 0.772. The molecule has 1 aromatic carbocycles. The predicted molar refractivity (Wildman–Crippen MR) is 229 cm³/mol. The van der Waals surface area contributed by atoms with Crippen LogP contribution in [0.2, 0.25) is 0 Å². The fraction of sp³-hybridized carbons (Fsp3) is 0.523. The number of fused-ring (bicyclic) bond motifs is 3. The van der Waals surface area contributed by atoms with Gasteiger partial charge in [-0.15, -0.1) is 0 Å². The van der Waals surface area contributed by atoms with E-state index in [1.165, 1.54) is 15.3 Å². The molecule has 7 heterocycles. The summed E-state index contributed by atoms with van der Waals surface area (Å²) < 4.78 is 38.9. The van der Waals surface area contributed by atoms with Crippen LogP contribution in [-0.2, 0) is 26.2 Å². The van der Waals surface area contributed by atoms with Crippen molar-refractivity contribution in [2.24, 2.45) is 18.7 Å². The van der Waals surface area contributed by atoms with Gasteiger partial charge in [0.25, 0.3) is 12.3 Å². The number of nitrogens with one attached hydrogen (secondary N) is 2. The zero-order valence-electron chi connectivity index (χ0n) is 35.2. The van der Waals surface area contributed by atoms with Gasteiger partial charge in [0.15, 0.2) is 11.5 Å². The molecule has 1 unspecified atom stereocenters. The molecule has 5 aliphatic rings. The number of carbonyl (C=O) groups is 3. The molecule has 1 aliphatic carbocycles. The van der Waals surface area contributed by atoms with Crippen LogP contribution >= 0.6 is 0 Å². The highest BCUT2D eigenvalue weighted by Crippen LogP contribution is 2.36. The summed E-state index contributed by atoms with van der Waals surface area (Å²) in [5.41, 5.74) is 6.96. The molecule has 5 fully saturated rings. The summed E-state index contributed by atoms with van der Waals surface area (Å²) in [5.74, 6) is 6.34. The van der Waals surface area contributed by atoms with E-state index in [1.54, 1.807) is 24.0 Å². The van der Waals surface area contributed by atoms with Crippen LogP contribution in [-0.4, -0.2) is 121 Å². The molecular formula is C44H52F2N12O5. The van der Waals surface area contributed by atoms with Crippen LogP contribution in [0.5, 0.6) is 0 Å². The van der Waals surface area contributed by atoms with Crippen molar-refractivity contribution in [1.29, 1.82) is 0 Å². The fourth-order valence-corrected chi connectivity index (χ4v) is 9.95. The quantitative estimate of drug-likeness (QED) is 0.120. The number of hydrogen-bond donors (Lipinski definition) is 3. The second-order valence-electron chi connectivity index (χ2n) is 17.2. The van der Waals surface area contributed by atoms with Crippen LogP contribution < -0.4 is 27.0 Å². The van der Waals surface area contributed by atoms with Gasteiger partial charge >= 0.3 is 5.69 Å². The third-order valence-electron chi connectivity index (χ3n) is 13.2. The number of hydrogen-bond acceptors (Lipinski definition) is 12. The number of morpholine rings is 1. The van der Waals surface area contributed by atoms with Crippen LogP contribution in [0.4, 0.5) is 20.3 Å². The van der Waals surface area contributed by atoms with Gasteiger partial charge in [0.1, 0.15) is 11.9 Å². The van der Waals surface area contributed by atoms with Gasteiger partial charge in [-0.05, 0) is 75.6 Å². The Bertz CT molecular complexity index is 2550. The molecule has 4 aromatic rings. The van der Waals surface area contributed by atoms with Crippen molar-refractivity contribution in [2.75, 3.05) is 62.6 Å². The number of amides is 3. The zero-order valence-corrected chi connectivity index (χ0v) is 35.2. The van der Waals surface area contributed by atoms with Crippen molar-refractivity contribution >= 4 is 45.8 Å². The molecule has 4 saturated heterocycles. The Hall–Kier alpha value is -5.97. The number of anilines is 2. The van der Waals surface area contributed by atoms with Gasteiger partial charge in [-0.2, -0.15) is 5.10 Å². The van der Waals surface area contributed by atoms with E-state index in [0.29, 0.717) is 48.0 Å². The van der Waals surface area contributed by atoms with E-state index in [0.717, 1.165) is 77.4 Å². The second kappa shape index (κ2) is 18.0. The Morgan fingerprint density at radius 1 is 1.06 bits per heavy atom. The van der Waals surface area contributed by atoms with Crippen molar-refractivity contribution < 1.29 is 27.9 Å². The van der Waals surface area contributed by atoms with Gasteiger partial charge in [-0.3, -0.25) is 38.4 Å². The van der Waals surface area contributed by atoms with E-state index >= 15 is 0 Å². The molecule has 1 saturated carbocycles. The van der Waals surface area contributed by atoms with Gasteiger partial charge < -0.3 is 25.6 Å². The molecular weight excluding hydrogens is 815 g/mol. The van der Waals surface area contributed by atoms with E-state index in [2.05, 4.69) is 52.2 Å². The Labute approximate surface area is 362 Å². The topological polar surface area (TPSA) is 191 Å². The van der Waals surface area contributed by atoms with E-state index in [9.17, 15) is 28.0 Å². The number of rotatable bonds is 10. The summed E-state index contributed by atoms with van der Waals surface area (Å²) in [4.78, 5) is 67.0. The fourth-order valence-electron chi connectivity index (χ4n) is 9.95. The number of para-hydroxylation sites is 1. The van der Waals surface area contributed by atoms with E-state index in [4.69, 9.17) is 10.5 Å². The number of imide groups is 1. The number of benzene rings is 1. The van der Waals surface area contributed by atoms with Crippen molar-refractivity contribution in [2.45, 2.75) is 82.0 Å². The minimum absolute atomic E-state index is 0.0288. The van der Waals surface area contributed by atoms with Gasteiger partial charge in [-0.25, -0.2) is 23.5 Å². The van der Waals surface area contributed by atoms with E-state index in [-0.39, 0.29) is 59.7 Å². The average molecular weight is 867 g/mol. The SMILES string of the molecule is Cn1c(=O)n(C2CCC(=O)NC2=O)c2cccc(C#CCN3CCCN(CC4CCC(n5cc(NC(=O)/C(=C/N)c6nccc(N7C[C@H]8C[C@@H]7CO8)n6)c(C(F)F)n5)CC4)CC3)c21. The molecule has 4 N–H and O–H groups in total. The molecule has 63 heavy (non-hydrogen) atoms. The van der Waals surface area contributed by atoms with Crippen LogP contribution in [0.3, 0.4) is 0 Å². The summed E-state index contributed by atoms with van der Waals surface area (Å²) in [5, 5.41) is 9.24. The number of alkyl halides is 2. The number of piperidine rings is 1. The van der Waals surface area contributed by atoms with Gasteiger partial charge in [0.2, 0.25) is 11.8 Å². The number of imidazole rings is 1. The number of carbonyl (C=O) groups excluding carboxylic acids is 3. The lowest BCUT2D eigenvalue weighted by Gasteiger charge is -2.32. The van der Waals surface area contributed by atoms with Crippen molar-refractivity contribution in [3.8, 4) is 11.8 Å². The summed E-state index contributed by atoms with van der Waals surface area (Å²) in [6, 6.07) is 6.67. The first kappa shape index (κ1) is 42.3. The Morgan fingerprint density at radius 2 is 1.87 bits per heavy atom. The van der Waals surface area contributed by atoms with Crippen LogP contribution in [0.15, 0.2) is 47.7 Å². The number of aryl methyl sites for hydroxylation is 1. The summed E-state index contributed by atoms with van der Waals surface area (Å²) in [7, 11) is 1.68. The molecule has 4 aliphatic heterocycles. The molecule has 3 aromatic heterocycles. The molecule has 19 heteroatoms. The smallest absolute Gasteiger partial charge is 0.329 e. The van der Waals surface area contributed by atoms with Crippen LogP contribution in [0.25, 0.3) is 16.6 Å². The largest absolute Gasteiger partial charge is 0.404 e. The third-order valence-corrected chi connectivity index (χ3v) is 13.2. The molecule has 3 amide bonds. The number of nitrogens with zero attached hydrogens (tertiary/aromatic N) is 9. The lowest BCUT2D eigenvalue weighted by molar-refractivity contribution is -0.135. The number of ether oxygens (including phenoxy) is 1. The maximum atomic E-state index is 14.3. The lowest BCUT2D eigenvalue weighted by atomic mass is 9.85. The van der Waals surface area contributed by atoms with E-state index < -0.39 is 30.0 Å². The molecule has 3 atom stereocenters. The number of aromatic nitrogens is 6. The monoisotopic (exact) mass is 866 g/mol. The second-order valence-corrected chi connectivity index (χ2v) is 17.2. The first-order chi connectivity index (χ1) is 30.5. The Morgan fingerprint density at radius 3 is 2.62 bits per heavy atom. The summed E-state index contributed by atoms with van der Waals surface area (Å²) in [6.07, 6.45) is 7.21. The van der Waals surface area contributed by atoms with Crippen LogP contribution in [0.1, 0.15) is 87.0 Å². The maximum Gasteiger partial charge on any atom is 0.329 e. The van der Waals surface area contributed by atoms with Gasteiger partial charge in [0.05, 0.1) is 59.2 Å². The summed E-state index contributed by atoms with van der Waals surface area (Å²) >= 11 is 0. The summed E-state index contributed by atoms with van der Waals surface area (Å²) in [6.45, 7) is 6.50. The number of halogens is 2. The minimum Gasteiger partial charge on any atom is -0.404 e. The highest BCUT2D eigenvalue weighted by molar-refractivity contribution is 6.24. The molecule has 332 valence electrons. The first-order valence-corrected chi connectivity index (χ1v) is 21.8. The predicted octanol–water partition coefficient (Wildman–Crippen LogP) is 2.95. The highest BCUT2D eigenvalue weighted by atomic mass is 19.3. The van der Waals surface area contributed by atoms with Gasteiger partial charge in [0, 0.05) is 64.8 Å². The normalized spacial score (nSPS) is 24.7. The van der Waals surface area contributed by atoms with Crippen molar-refractivity contribution in [3.05, 3.63) is 70.4 Å². The standard InChI is InChI=1S/C44H52F2N12O5/c1-53-39-28(5-2-7-34(39)58(44(53)62)35-12-13-37(59)51-43(35)61)6-3-16-54-17-4-18-55(20-19-54)23-27-8-10-29(11-9-27)57-25-33(38(52-57)40(45)46)49-42(60)32(22-47)41-48-15-14-36(50-41)56-24-31-21-30(56)26-63-31/h2,5,7,14-15,22,25,27,29-31,35,40H,4,8-13,16-21,23-24,26,47H2,1H3,(H,49,60)(H,51,59,61)/b32-22+/t27?,29?,30-,31-,35?/m1/s1. The Kier molecular flexibility index (Phi) is 12.1. The molecule has 0 radical (unpaired) electrons. The highest BCUT2D eigenvalue weighted by Gasteiger charge is 2.40. The maximum absolute atomic E-state index is 14.3. The minimum atomic E-state index is -2.89. The zero-order chi connectivity index (χ0) is 43.8. The number of nitrogens with two attached hydrogens (primary N) is 1. The third kappa shape index (κ3) is 8.71. The molecule has 0 spiro atoms. The average Bonchev–Trinajstić information content (AvgIpc) is 4.04. The van der Waals surface area contributed by atoms with Crippen molar-refractivity contribution in [1.82, 2.24) is 44.0 Å². The molecule has 9 rings (SSSR count). The molecule has 2 bridgehead atoms. The van der Waals surface area contributed by atoms with Crippen molar-refractivity contribution in [3.63, 3.8) is 0 Å². The lowest BCUT2D eigenvalue weighted by Crippen LogP contribution is -2.44. The van der Waals surface area contributed by atoms with Crippen LogP contribution in [0, 0.1) is 17.8 Å². The van der Waals surface area contributed by atoms with Gasteiger partial charge in [-0.1, -0.05) is 17.9 Å². The van der Waals surface area contributed by atoms with E-state index in [1.807, 2.05) is 18.2 Å².